The molecule has 290 valence electrons. The summed E-state index contributed by atoms with van der Waals surface area (Å²) in [5.74, 6) is 0. The highest BCUT2D eigenvalue weighted by Crippen LogP contribution is 2.39. The molecule has 12 aromatic rings. The van der Waals surface area contributed by atoms with Crippen molar-refractivity contribution in [2.24, 2.45) is 0 Å². The van der Waals surface area contributed by atoms with Gasteiger partial charge >= 0.3 is 0 Å². The number of aromatic nitrogens is 2. The van der Waals surface area contributed by atoms with Gasteiger partial charge in [-0.15, -0.1) is 0 Å². The number of hydrogen-bond acceptors (Lipinski definition) is 0. The van der Waals surface area contributed by atoms with Gasteiger partial charge in [0.05, 0.1) is 22.1 Å². The van der Waals surface area contributed by atoms with Crippen molar-refractivity contribution in [1.29, 1.82) is 0 Å². The lowest BCUT2D eigenvalue weighted by atomic mass is 9.94. The molecule has 10 aromatic carbocycles. The molecule has 12 rings (SSSR count). The highest BCUT2D eigenvalue weighted by molar-refractivity contribution is 6.13. The van der Waals surface area contributed by atoms with E-state index in [1.165, 1.54) is 105 Å². The summed E-state index contributed by atoms with van der Waals surface area (Å²) in [7, 11) is 0. The molecule has 0 saturated heterocycles. The molecular weight excluding hydrogens is 749 g/mol. The van der Waals surface area contributed by atoms with Gasteiger partial charge in [-0.2, -0.15) is 0 Å². The van der Waals surface area contributed by atoms with Gasteiger partial charge in [0.1, 0.15) is 0 Å². The lowest BCUT2D eigenvalue weighted by Crippen LogP contribution is -1.95. The number of benzene rings is 10. The molecule has 0 N–H and O–H groups in total. The minimum absolute atomic E-state index is 1.15. The third-order valence-electron chi connectivity index (χ3n) is 12.5. The largest absolute Gasteiger partial charge is 0.309 e. The quantitative estimate of drug-likeness (QED) is 0.152. The molecule has 62 heavy (non-hydrogen) atoms. The first-order chi connectivity index (χ1) is 30.7. The van der Waals surface area contributed by atoms with Gasteiger partial charge < -0.3 is 9.13 Å². The van der Waals surface area contributed by atoms with Gasteiger partial charge in [-0.25, -0.2) is 0 Å². The Morgan fingerprint density at radius 3 is 1.02 bits per heavy atom. The van der Waals surface area contributed by atoms with Crippen LogP contribution < -0.4 is 0 Å². The number of nitrogens with zero attached hydrogens (tertiary/aromatic N) is 2. The van der Waals surface area contributed by atoms with Crippen LogP contribution in [0.2, 0.25) is 0 Å². The lowest BCUT2D eigenvalue weighted by molar-refractivity contribution is 1.17. The summed E-state index contributed by atoms with van der Waals surface area (Å²) in [5.41, 5.74) is 19.2. The molecule has 2 heterocycles. The Morgan fingerprint density at radius 1 is 0.177 bits per heavy atom. The van der Waals surface area contributed by atoms with Crippen molar-refractivity contribution < 1.29 is 0 Å². The third-order valence-corrected chi connectivity index (χ3v) is 12.5. The van der Waals surface area contributed by atoms with Crippen molar-refractivity contribution in [1.82, 2.24) is 9.13 Å². The van der Waals surface area contributed by atoms with Crippen LogP contribution in [0, 0.1) is 0 Å². The molecule has 2 heteroatoms. The van der Waals surface area contributed by atoms with Gasteiger partial charge in [0.25, 0.3) is 0 Å². The van der Waals surface area contributed by atoms with Crippen molar-refractivity contribution in [3.05, 3.63) is 243 Å². The van der Waals surface area contributed by atoms with Crippen LogP contribution in [0.25, 0.3) is 111 Å². The second kappa shape index (κ2) is 14.8. The van der Waals surface area contributed by atoms with Crippen molar-refractivity contribution >= 4 is 43.6 Å². The zero-order valence-corrected chi connectivity index (χ0v) is 34.0. The molecule has 2 nitrogen and oxygen atoms in total. The zero-order chi connectivity index (χ0) is 41.0. The predicted molar refractivity (Wildman–Crippen MR) is 262 cm³/mol. The summed E-state index contributed by atoms with van der Waals surface area (Å²) in [5, 5.41) is 4.98. The molecule has 0 aliphatic heterocycles. The summed E-state index contributed by atoms with van der Waals surface area (Å²) >= 11 is 0. The molecule has 0 amide bonds. The number of fused-ring (bicyclic) bond motifs is 6. The Morgan fingerprint density at radius 2 is 0.516 bits per heavy atom. The standard InChI is InChI=1S/C60H40N2/c1-3-15-41(16-4-1)42-17-11-18-43(35-42)44-19-12-20-45(36-44)46-21-13-22-47(37-46)48-23-14-24-49(38-48)50-31-33-59-55(39-50)53-27-7-10-30-58(53)62(59)52-32-34-60-56(40-52)54-28-8-9-29-57(54)61(60)51-25-5-2-6-26-51/h1-40H. The second-order valence-electron chi connectivity index (χ2n) is 16.2. The minimum atomic E-state index is 1.15. The Bertz CT molecular complexity index is 3630. The van der Waals surface area contributed by atoms with Crippen LogP contribution >= 0.6 is 0 Å². The maximum Gasteiger partial charge on any atom is 0.0542 e. The van der Waals surface area contributed by atoms with Gasteiger partial charge in [0, 0.05) is 32.9 Å². The molecular formula is C60H40N2. The normalized spacial score (nSPS) is 11.5. The Kier molecular flexibility index (Phi) is 8.53. The summed E-state index contributed by atoms with van der Waals surface area (Å²) in [6.07, 6.45) is 0. The Balaban J connectivity index is 0.902. The monoisotopic (exact) mass is 788 g/mol. The van der Waals surface area contributed by atoms with Gasteiger partial charge in [-0.1, -0.05) is 164 Å². The fourth-order valence-electron chi connectivity index (χ4n) is 9.53. The molecule has 0 unspecified atom stereocenters. The van der Waals surface area contributed by atoms with E-state index in [0.717, 1.165) is 5.69 Å². The number of hydrogen-bond donors (Lipinski definition) is 0. The van der Waals surface area contributed by atoms with Gasteiger partial charge in [0.2, 0.25) is 0 Å². The van der Waals surface area contributed by atoms with Crippen LogP contribution in [0.15, 0.2) is 243 Å². The maximum atomic E-state index is 2.43. The highest BCUT2D eigenvalue weighted by atomic mass is 15.0. The fraction of sp³-hybridized carbons (Fsp3) is 0. The first kappa shape index (κ1) is 35.7. The predicted octanol–water partition coefficient (Wildman–Crippen LogP) is 16.2. The summed E-state index contributed by atoms with van der Waals surface area (Å²) in [6.45, 7) is 0. The molecule has 0 spiro atoms. The number of para-hydroxylation sites is 3. The SMILES string of the molecule is c1ccc(-c2cccc(-c3cccc(-c4cccc(-c5cccc(-c6ccc7c(c6)c6ccccc6n7-c6ccc7c(c6)c6ccccc6n7-c6ccccc6)c5)c4)c3)c2)cc1. The van der Waals surface area contributed by atoms with Crippen molar-refractivity contribution in [2.75, 3.05) is 0 Å². The van der Waals surface area contributed by atoms with Crippen LogP contribution in [-0.4, -0.2) is 9.13 Å². The van der Waals surface area contributed by atoms with Gasteiger partial charge in [0.15, 0.2) is 0 Å². The topological polar surface area (TPSA) is 9.86 Å². The van der Waals surface area contributed by atoms with E-state index in [9.17, 15) is 0 Å². The van der Waals surface area contributed by atoms with Crippen LogP contribution in [0.1, 0.15) is 0 Å². The van der Waals surface area contributed by atoms with E-state index in [4.69, 9.17) is 0 Å². The van der Waals surface area contributed by atoms with Crippen LogP contribution in [0.5, 0.6) is 0 Å². The molecule has 0 saturated carbocycles. The molecule has 0 aliphatic carbocycles. The van der Waals surface area contributed by atoms with E-state index in [1.807, 2.05) is 0 Å². The highest BCUT2D eigenvalue weighted by Gasteiger charge is 2.17. The van der Waals surface area contributed by atoms with E-state index in [-0.39, 0.29) is 0 Å². The van der Waals surface area contributed by atoms with Crippen LogP contribution in [0.3, 0.4) is 0 Å². The summed E-state index contributed by atoms with van der Waals surface area (Å²) in [4.78, 5) is 0. The fourth-order valence-corrected chi connectivity index (χ4v) is 9.53. The molecule has 0 atom stereocenters. The van der Waals surface area contributed by atoms with Gasteiger partial charge in [-0.3, -0.25) is 0 Å². The molecule has 0 bridgehead atoms. The smallest absolute Gasteiger partial charge is 0.0542 e. The van der Waals surface area contributed by atoms with Crippen molar-refractivity contribution in [3.8, 4) is 67.0 Å². The Labute approximate surface area is 360 Å². The average Bonchev–Trinajstić information content (AvgIpc) is 3.87. The number of rotatable bonds is 7. The molecule has 0 fully saturated rings. The first-order valence-corrected chi connectivity index (χ1v) is 21.3. The van der Waals surface area contributed by atoms with Crippen molar-refractivity contribution in [2.45, 2.75) is 0 Å². The van der Waals surface area contributed by atoms with E-state index in [1.54, 1.807) is 0 Å². The molecule has 0 aliphatic rings. The minimum Gasteiger partial charge on any atom is -0.309 e. The Hall–Kier alpha value is -8.20. The first-order valence-electron chi connectivity index (χ1n) is 21.3. The summed E-state index contributed by atoms with van der Waals surface area (Å²) < 4.78 is 4.81. The van der Waals surface area contributed by atoms with E-state index in [0.29, 0.717) is 0 Å². The molecule has 2 aromatic heterocycles. The van der Waals surface area contributed by atoms with Crippen LogP contribution in [0.4, 0.5) is 0 Å². The molecule has 0 radical (unpaired) electrons. The maximum absolute atomic E-state index is 2.43. The van der Waals surface area contributed by atoms with Crippen LogP contribution in [-0.2, 0) is 0 Å². The zero-order valence-electron chi connectivity index (χ0n) is 34.0. The lowest BCUT2D eigenvalue weighted by Gasteiger charge is -2.11. The van der Waals surface area contributed by atoms with Crippen molar-refractivity contribution in [3.63, 3.8) is 0 Å². The van der Waals surface area contributed by atoms with E-state index < -0.39 is 0 Å². The average molecular weight is 789 g/mol. The van der Waals surface area contributed by atoms with Gasteiger partial charge in [-0.05, 0) is 134 Å². The van der Waals surface area contributed by atoms with E-state index in [2.05, 4.69) is 252 Å². The second-order valence-corrected chi connectivity index (χ2v) is 16.2. The van der Waals surface area contributed by atoms with E-state index >= 15 is 0 Å². The third kappa shape index (κ3) is 6.12. The summed E-state index contributed by atoms with van der Waals surface area (Å²) in [6, 6.07) is 88.4.